The number of hydrogen-bond donors (Lipinski definition) is 3. The van der Waals surface area contributed by atoms with Crippen LogP contribution in [0, 0.1) is 0 Å². The summed E-state index contributed by atoms with van der Waals surface area (Å²) in [5, 5.41) is 13.4. The lowest BCUT2D eigenvalue weighted by molar-refractivity contribution is -0.117. The average Bonchev–Trinajstić information content (AvgIpc) is 2.68. The summed E-state index contributed by atoms with van der Waals surface area (Å²) in [4.78, 5) is 27.2. The normalized spacial score (nSPS) is 10.9. The highest BCUT2D eigenvalue weighted by Gasteiger charge is 2.19. The Kier molecular flexibility index (Phi) is 9.34. The second kappa shape index (κ2) is 11.2. The van der Waals surface area contributed by atoms with Crippen molar-refractivity contribution in [2.24, 2.45) is 5.73 Å². The van der Waals surface area contributed by atoms with E-state index in [0.29, 0.717) is 11.3 Å². The van der Waals surface area contributed by atoms with Crippen molar-refractivity contribution in [1.82, 2.24) is 4.98 Å². The van der Waals surface area contributed by atoms with Gasteiger partial charge in [-0.3, -0.25) is 9.78 Å². The molecule has 9 heteroatoms. The van der Waals surface area contributed by atoms with E-state index in [4.69, 9.17) is 10.8 Å². The summed E-state index contributed by atoms with van der Waals surface area (Å²) in [5.41, 5.74) is 7.94. The van der Waals surface area contributed by atoms with Gasteiger partial charge in [0.1, 0.15) is 6.61 Å². The highest BCUT2D eigenvalue weighted by molar-refractivity contribution is 5.98. The zero-order valence-corrected chi connectivity index (χ0v) is 16.9. The summed E-state index contributed by atoms with van der Waals surface area (Å²) < 4.78 is 4.52. The lowest BCUT2D eigenvalue weighted by atomic mass is 9.97. The van der Waals surface area contributed by atoms with Gasteiger partial charge in [-0.2, -0.15) is 0 Å². The molecule has 4 N–H and O–H groups in total. The minimum absolute atomic E-state index is 0. The van der Waals surface area contributed by atoms with E-state index in [2.05, 4.69) is 15.0 Å². The van der Waals surface area contributed by atoms with Crippen molar-refractivity contribution in [2.45, 2.75) is 12.5 Å². The number of nitrogens with zero attached hydrogens (tertiary/aromatic N) is 1. The summed E-state index contributed by atoms with van der Waals surface area (Å²) in [6.07, 6.45) is 2.13. The number of aromatic nitrogens is 1. The summed E-state index contributed by atoms with van der Waals surface area (Å²) in [6.45, 7) is 0.107. The third kappa shape index (κ3) is 6.32. The highest BCUT2D eigenvalue weighted by Crippen LogP contribution is 2.21. The maximum atomic E-state index is 12.7. The molecule has 2 aromatic carbocycles. The number of hydrogen-bond acceptors (Lipinski definition) is 5. The SMILES string of the molecule is Cl.Cl.NC[C@@H](C(=O)Nc1ccc2cnccc2c1)c1ccc(COC(=O)O)cc1. The number of pyridine rings is 1. The number of rotatable bonds is 6. The minimum Gasteiger partial charge on any atom is -0.450 e. The number of carboxylic acid groups (broad SMARTS) is 1. The predicted octanol–water partition coefficient (Wildman–Crippen LogP) is 3.95. The molecule has 0 radical (unpaired) electrons. The molecule has 1 aromatic heterocycles. The molecule has 0 saturated heterocycles. The van der Waals surface area contributed by atoms with Gasteiger partial charge in [-0.15, -0.1) is 24.8 Å². The van der Waals surface area contributed by atoms with Gasteiger partial charge < -0.3 is 20.9 Å². The van der Waals surface area contributed by atoms with E-state index in [1.807, 2.05) is 24.3 Å². The topological polar surface area (TPSA) is 115 Å². The molecule has 3 rings (SSSR count). The molecule has 154 valence electrons. The van der Waals surface area contributed by atoms with Gasteiger partial charge in [0.05, 0.1) is 5.92 Å². The molecule has 0 saturated carbocycles. The van der Waals surface area contributed by atoms with Gasteiger partial charge in [0.15, 0.2) is 0 Å². The summed E-state index contributed by atoms with van der Waals surface area (Å²) >= 11 is 0. The van der Waals surface area contributed by atoms with Crippen LogP contribution in [0.15, 0.2) is 60.9 Å². The molecule has 0 aliphatic heterocycles. The third-order valence-electron chi connectivity index (χ3n) is 4.20. The maximum Gasteiger partial charge on any atom is 0.506 e. The van der Waals surface area contributed by atoms with Crippen LogP contribution in [0.5, 0.6) is 0 Å². The zero-order chi connectivity index (χ0) is 19.2. The van der Waals surface area contributed by atoms with Crippen molar-refractivity contribution in [2.75, 3.05) is 11.9 Å². The quantitative estimate of drug-likeness (QED) is 0.502. The van der Waals surface area contributed by atoms with E-state index in [1.165, 1.54) is 0 Å². The summed E-state index contributed by atoms with van der Waals surface area (Å²) in [5.74, 6) is -0.729. The fourth-order valence-electron chi connectivity index (χ4n) is 2.78. The van der Waals surface area contributed by atoms with Crippen LogP contribution in [-0.2, 0) is 16.1 Å². The summed E-state index contributed by atoms with van der Waals surface area (Å²) in [6, 6.07) is 14.4. The van der Waals surface area contributed by atoms with Gasteiger partial charge in [-0.25, -0.2) is 4.79 Å². The number of nitrogens with two attached hydrogens (primary N) is 1. The lowest BCUT2D eigenvalue weighted by Gasteiger charge is -2.16. The Morgan fingerprint density at radius 1 is 1.07 bits per heavy atom. The van der Waals surface area contributed by atoms with Gasteiger partial charge in [-0.1, -0.05) is 30.3 Å². The Morgan fingerprint density at radius 2 is 1.79 bits per heavy atom. The van der Waals surface area contributed by atoms with Crippen molar-refractivity contribution < 1.29 is 19.4 Å². The monoisotopic (exact) mass is 437 g/mol. The number of benzene rings is 2. The Morgan fingerprint density at radius 3 is 2.45 bits per heavy atom. The molecule has 1 amide bonds. The third-order valence-corrected chi connectivity index (χ3v) is 4.20. The molecular weight excluding hydrogens is 417 g/mol. The van der Waals surface area contributed by atoms with Crippen LogP contribution in [0.4, 0.5) is 10.5 Å². The first-order valence-corrected chi connectivity index (χ1v) is 8.36. The molecule has 0 fully saturated rings. The van der Waals surface area contributed by atoms with Crippen LogP contribution in [0.3, 0.4) is 0 Å². The first-order chi connectivity index (χ1) is 13.1. The molecule has 1 heterocycles. The summed E-state index contributed by atoms with van der Waals surface area (Å²) in [7, 11) is 0. The van der Waals surface area contributed by atoms with Gasteiger partial charge >= 0.3 is 6.16 Å². The number of halogens is 2. The number of nitrogens with one attached hydrogen (secondary N) is 1. The fraction of sp³-hybridized carbons (Fsp3) is 0.150. The maximum absolute atomic E-state index is 12.7. The van der Waals surface area contributed by atoms with Crippen molar-refractivity contribution >= 4 is 53.3 Å². The smallest absolute Gasteiger partial charge is 0.450 e. The molecular formula is C20H21Cl2N3O4. The van der Waals surface area contributed by atoms with Crippen LogP contribution in [0.1, 0.15) is 17.0 Å². The van der Waals surface area contributed by atoms with Gasteiger partial charge in [-0.05, 0) is 34.7 Å². The van der Waals surface area contributed by atoms with Crippen LogP contribution in [0.25, 0.3) is 10.8 Å². The molecule has 1 atom stereocenters. The standard InChI is InChI=1S/C20H19N3O4.2ClH/c21-10-18(14-3-1-13(2-4-14)12-27-20(25)26)19(24)23-17-6-5-16-11-22-8-7-15(16)9-17;;/h1-9,11,18H,10,12,21H2,(H,23,24)(H,25,26);2*1H/t18-;;/m1../s1. The van der Waals surface area contributed by atoms with Crippen LogP contribution < -0.4 is 11.1 Å². The van der Waals surface area contributed by atoms with Crippen LogP contribution in [0.2, 0.25) is 0 Å². The van der Waals surface area contributed by atoms with Gasteiger partial charge in [0.2, 0.25) is 5.91 Å². The second-order valence-corrected chi connectivity index (χ2v) is 6.01. The molecule has 0 aliphatic carbocycles. The lowest BCUT2D eigenvalue weighted by Crippen LogP contribution is -2.27. The number of carbonyl (C=O) groups excluding carboxylic acids is 1. The Balaban J connectivity index is 0.00000210. The highest BCUT2D eigenvalue weighted by atomic mass is 35.5. The molecule has 0 unspecified atom stereocenters. The Bertz CT molecular complexity index is 967. The zero-order valence-electron chi connectivity index (χ0n) is 15.3. The number of amides is 1. The van der Waals surface area contributed by atoms with E-state index in [0.717, 1.165) is 16.3 Å². The first-order valence-electron chi connectivity index (χ1n) is 8.36. The fourth-order valence-corrected chi connectivity index (χ4v) is 2.78. The Hall–Kier alpha value is -2.87. The van der Waals surface area contributed by atoms with Crippen molar-refractivity contribution in [3.63, 3.8) is 0 Å². The molecule has 3 aromatic rings. The van der Waals surface area contributed by atoms with E-state index in [1.54, 1.807) is 36.7 Å². The molecule has 0 aliphatic rings. The minimum atomic E-state index is -1.33. The number of anilines is 1. The second-order valence-electron chi connectivity index (χ2n) is 6.01. The largest absolute Gasteiger partial charge is 0.506 e. The molecule has 7 nitrogen and oxygen atoms in total. The van der Waals surface area contributed by atoms with E-state index in [9.17, 15) is 9.59 Å². The van der Waals surface area contributed by atoms with Crippen LogP contribution >= 0.6 is 24.8 Å². The average molecular weight is 438 g/mol. The van der Waals surface area contributed by atoms with Crippen molar-refractivity contribution in [3.05, 3.63) is 72.1 Å². The first kappa shape index (κ1) is 24.2. The van der Waals surface area contributed by atoms with E-state index < -0.39 is 12.1 Å². The number of carbonyl (C=O) groups is 2. The van der Waals surface area contributed by atoms with Gasteiger partial charge in [0.25, 0.3) is 0 Å². The van der Waals surface area contributed by atoms with Crippen molar-refractivity contribution in [3.8, 4) is 0 Å². The predicted molar refractivity (Wildman–Crippen MR) is 116 cm³/mol. The van der Waals surface area contributed by atoms with Crippen LogP contribution in [-0.4, -0.2) is 28.7 Å². The molecule has 0 bridgehead atoms. The molecule has 29 heavy (non-hydrogen) atoms. The van der Waals surface area contributed by atoms with E-state index >= 15 is 0 Å². The Labute approximate surface area is 180 Å². The number of fused-ring (bicyclic) bond motifs is 1. The number of ether oxygens (including phenoxy) is 1. The van der Waals surface area contributed by atoms with Gasteiger partial charge in [0, 0.05) is 30.0 Å². The molecule has 0 spiro atoms. The van der Waals surface area contributed by atoms with E-state index in [-0.39, 0.29) is 43.9 Å². The van der Waals surface area contributed by atoms with Crippen molar-refractivity contribution in [1.29, 1.82) is 0 Å².